The average molecular weight is 154 g/mol. The second-order valence-electron chi connectivity index (χ2n) is 2.18. The topological polar surface area (TPSA) is 55.0 Å². The molecule has 0 aromatic carbocycles. The van der Waals surface area contributed by atoms with Crippen molar-refractivity contribution in [3.63, 3.8) is 0 Å². The first-order chi connectivity index (χ1) is 5.25. The van der Waals surface area contributed by atoms with Gasteiger partial charge in [-0.05, 0) is 6.92 Å². The largest absolute Gasteiger partial charge is 0.375 e. The Balaban J connectivity index is 3.03. The lowest BCUT2D eigenvalue weighted by atomic mass is 10.3. The molecule has 11 heavy (non-hydrogen) atoms. The minimum atomic E-state index is -0.250. The lowest BCUT2D eigenvalue weighted by Gasteiger charge is -2.05. The normalized spacial score (nSPS) is 12.9. The molecule has 4 nitrogen and oxygen atoms in total. The molecule has 0 amide bonds. The third-order valence-electron chi connectivity index (χ3n) is 1.47. The van der Waals surface area contributed by atoms with Crippen LogP contribution in [0.4, 0.5) is 0 Å². The number of rotatable bonds is 2. The second kappa shape index (κ2) is 3.30. The number of hydrogen-bond donors (Lipinski definition) is 1. The van der Waals surface area contributed by atoms with Crippen molar-refractivity contribution in [3.05, 3.63) is 28.4 Å². The fourth-order valence-electron chi connectivity index (χ4n) is 0.764. The summed E-state index contributed by atoms with van der Waals surface area (Å²) in [5.41, 5.74) is 0.219. The van der Waals surface area contributed by atoms with E-state index in [4.69, 9.17) is 4.74 Å². The number of H-pyrrole nitrogens is 1. The van der Waals surface area contributed by atoms with E-state index in [1.807, 2.05) is 0 Å². The summed E-state index contributed by atoms with van der Waals surface area (Å²) in [4.78, 5) is 17.4. The zero-order chi connectivity index (χ0) is 8.27. The van der Waals surface area contributed by atoms with Gasteiger partial charge in [0.15, 0.2) is 0 Å². The number of ether oxygens (including phenoxy) is 1. The number of hydrogen-bond acceptors (Lipinski definition) is 3. The van der Waals surface area contributed by atoms with Crippen molar-refractivity contribution in [1.82, 2.24) is 9.97 Å². The Bertz CT molecular complexity index is 282. The molecule has 0 radical (unpaired) electrons. The van der Waals surface area contributed by atoms with E-state index in [1.54, 1.807) is 14.0 Å². The molecule has 4 heteroatoms. The third-order valence-corrected chi connectivity index (χ3v) is 1.47. The van der Waals surface area contributed by atoms with Crippen LogP contribution < -0.4 is 5.56 Å². The van der Waals surface area contributed by atoms with Gasteiger partial charge in [0, 0.05) is 19.5 Å². The van der Waals surface area contributed by atoms with Crippen LogP contribution in [0.5, 0.6) is 0 Å². The van der Waals surface area contributed by atoms with Gasteiger partial charge in [-0.1, -0.05) is 0 Å². The van der Waals surface area contributed by atoms with E-state index in [2.05, 4.69) is 9.97 Å². The van der Waals surface area contributed by atoms with Gasteiger partial charge in [-0.15, -0.1) is 0 Å². The molecule has 0 saturated heterocycles. The first-order valence-corrected chi connectivity index (χ1v) is 3.32. The molecule has 0 spiro atoms. The number of aromatic amines is 1. The molecule has 1 aromatic heterocycles. The molecule has 1 rings (SSSR count). The SMILES string of the molecule is COC(C)c1ncc[nH]c1=O. The Kier molecular flexibility index (Phi) is 2.38. The molecule has 0 saturated carbocycles. The molecule has 60 valence electrons. The van der Waals surface area contributed by atoms with Crippen molar-refractivity contribution in [1.29, 1.82) is 0 Å². The number of nitrogens with zero attached hydrogens (tertiary/aromatic N) is 1. The van der Waals surface area contributed by atoms with E-state index < -0.39 is 0 Å². The highest BCUT2D eigenvalue weighted by molar-refractivity contribution is 4.98. The fourth-order valence-corrected chi connectivity index (χ4v) is 0.764. The van der Waals surface area contributed by atoms with Crippen LogP contribution in [-0.4, -0.2) is 17.1 Å². The first kappa shape index (κ1) is 7.94. The Hall–Kier alpha value is -1.16. The summed E-state index contributed by atoms with van der Waals surface area (Å²) < 4.78 is 4.93. The van der Waals surface area contributed by atoms with Crippen LogP contribution in [0.3, 0.4) is 0 Å². The molecule has 0 aliphatic rings. The predicted octanol–water partition coefficient (Wildman–Crippen LogP) is 0.477. The molecule has 0 aliphatic carbocycles. The summed E-state index contributed by atoms with van der Waals surface area (Å²) in [7, 11) is 1.54. The Morgan fingerprint density at radius 2 is 2.45 bits per heavy atom. The van der Waals surface area contributed by atoms with Gasteiger partial charge in [-0.2, -0.15) is 0 Å². The van der Waals surface area contributed by atoms with Crippen molar-refractivity contribution in [2.75, 3.05) is 7.11 Å². The second-order valence-corrected chi connectivity index (χ2v) is 2.18. The predicted molar refractivity (Wildman–Crippen MR) is 40.3 cm³/mol. The highest BCUT2D eigenvalue weighted by Gasteiger charge is 2.08. The molecule has 1 unspecified atom stereocenters. The Morgan fingerprint density at radius 1 is 1.73 bits per heavy atom. The van der Waals surface area contributed by atoms with Crippen molar-refractivity contribution >= 4 is 0 Å². The monoisotopic (exact) mass is 154 g/mol. The molecule has 0 aliphatic heterocycles. The van der Waals surface area contributed by atoms with Gasteiger partial charge in [-0.25, -0.2) is 0 Å². The van der Waals surface area contributed by atoms with Crippen LogP contribution in [0.25, 0.3) is 0 Å². The van der Waals surface area contributed by atoms with Crippen LogP contribution in [0.1, 0.15) is 18.7 Å². The summed E-state index contributed by atoms with van der Waals surface area (Å²) in [5, 5.41) is 0. The summed E-state index contributed by atoms with van der Waals surface area (Å²) in [6.07, 6.45) is 2.78. The van der Waals surface area contributed by atoms with Gasteiger partial charge in [0.25, 0.3) is 5.56 Å². The Labute approximate surface area is 64.2 Å². The van der Waals surface area contributed by atoms with Gasteiger partial charge in [0.1, 0.15) is 11.8 Å². The lowest BCUT2D eigenvalue weighted by Crippen LogP contribution is -2.17. The summed E-state index contributed by atoms with van der Waals surface area (Å²) >= 11 is 0. The standard InChI is InChI=1S/C7H10N2O2/c1-5(11-2)6-7(10)9-4-3-8-6/h3-5H,1-2H3,(H,9,10). The smallest absolute Gasteiger partial charge is 0.272 e. The van der Waals surface area contributed by atoms with E-state index in [0.29, 0.717) is 5.69 Å². The van der Waals surface area contributed by atoms with Gasteiger partial charge in [0.05, 0.1) is 0 Å². The molecule has 1 aromatic rings. The van der Waals surface area contributed by atoms with Crippen molar-refractivity contribution in [2.24, 2.45) is 0 Å². The van der Waals surface area contributed by atoms with Crippen molar-refractivity contribution in [3.8, 4) is 0 Å². The summed E-state index contributed by atoms with van der Waals surface area (Å²) in [6, 6.07) is 0. The van der Waals surface area contributed by atoms with E-state index >= 15 is 0 Å². The highest BCUT2D eigenvalue weighted by atomic mass is 16.5. The first-order valence-electron chi connectivity index (χ1n) is 3.32. The zero-order valence-electron chi connectivity index (χ0n) is 6.50. The molecular weight excluding hydrogens is 144 g/mol. The van der Waals surface area contributed by atoms with Crippen LogP contribution in [-0.2, 0) is 4.74 Å². The van der Waals surface area contributed by atoms with E-state index in [1.165, 1.54) is 12.4 Å². The van der Waals surface area contributed by atoms with Gasteiger partial charge in [0.2, 0.25) is 0 Å². The van der Waals surface area contributed by atoms with Gasteiger partial charge in [-0.3, -0.25) is 9.78 Å². The number of nitrogens with one attached hydrogen (secondary N) is 1. The quantitative estimate of drug-likeness (QED) is 0.674. The molecule has 1 atom stereocenters. The van der Waals surface area contributed by atoms with Crippen LogP contribution in [0.15, 0.2) is 17.2 Å². The molecular formula is C7H10N2O2. The van der Waals surface area contributed by atoms with E-state index in [9.17, 15) is 4.79 Å². The number of methoxy groups -OCH3 is 1. The Morgan fingerprint density at radius 3 is 3.00 bits per heavy atom. The maximum atomic E-state index is 11.0. The fraction of sp³-hybridized carbons (Fsp3) is 0.429. The minimum absolute atomic E-state index is 0.193. The van der Waals surface area contributed by atoms with Gasteiger partial charge < -0.3 is 9.72 Å². The van der Waals surface area contributed by atoms with Crippen molar-refractivity contribution < 1.29 is 4.74 Å². The molecule has 1 heterocycles. The lowest BCUT2D eigenvalue weighted by molar-refractivity contribution is 0.114. The third kappa shape index (κ3) is 1.65. The minimum Gasteiger partial charge on any atom is -0.375 e. The van der Waals surface area contributed by atoms with Crippen LogP contribution in [0, 0.1) is 0 Å². The molecule has 0 bridgehead atoms. The highest BCUT2D eigenvalue weighted by Crippen LogP contribution is 2.05. The van der Waals surface area contributed by atoms with E-state index in [-0.39, 0.29) is 11.7 Å². The van der Waals surface area contributed by atoms with Crippen molar-refractivity contribution in [2.45, 2.75) is 13.0 Å². The molecule has 1 N–H and O–H groups in total. The molecule has 0 fully saturated rings. The number of aromatic nitrogens is 2. The summed E-state index contributed by atoms with van der Waals surface area (Å²) in [5.74, 6) is 0. The maximum Gasteiger partial charge on any atom is 0.272 e. The average Bonchev–Trinajstić information content (AvgIpc) is 2.04. The van der Waals surface area contributed by atoms with E-state index in [0.717, 1.165) is 0 Å². The van der Waals surface area contributed by atoms with Crippen LogP contribution in [0.2, 0.25) is 0 Å². The maximum absolute atomic E-state index is 11.0. The summed E-state index contributed by atoms with van der Waals surface area (Å²) in [6.45, 7) is 1.78. The van der Waals surface area contributed by atoms with Gasteiger partial charge >= 0.3 is 0 Å². The zero-order valence-corrected chi connectivity index (χ0v) is 6.50. The van der Waals surface area contributed by atoms with Crippen LogP contribution >= 0.6 is 0 Å².